The minimum absolute atomic E-state index is 0.179. The van der Waals surface area contributed by atoms with Crippen molar-refractivity contribution in [1.82, 2.24) is 19.5 Å². The normalized spacial score (nSPS) is 12.7. The Hall–Kier alpha value is -3.54. The SMILES string of the molecule is Cc1ccc2c(oc3ccc(-c4nc(C(C)(C)C)nc(C(C)(C)C)n4)cc32)c1-c1n(C)cc[n+]1C. The van der Waals surface area contributed by atoms with Crippen LogP contribution < -0.4 is 4.57 Å². The zero-order valence-electron chi connectivity index (χ0n) is 22.2. The van der Waals surface area contributed by atoms with Gasteiger partial charge in [-0.2, -0.15) is 0 Å². The van der Waals surface area contributed by atoms with Gasteiger partial charge < -0.3 is 4.42 Å². The molecule has 0 radical (unpaired) electrons. The minimum atomic E-state index is -0.179. The Morgan fingerprint density at radius 3 is 2.09 bits per heavy atom. The van der Waals surface area contributed by atoms with Gasteiger partial charge in [0.1, 0.15) is 35.2 Å². The largest absolute Gasteiger partial charge is 0.455 e. The first kappa shape index (κ1) is 23.2. The molecule has 0 aliphatic rings. The van der Waals surface area contributed by atoms with Crippen molar-refractivity contribution in [1.29, 1.82) is 0 Å². The summed E-state index contributed by atoms with van der Waals surface area (Å²) in [7, 11) is 4.13. The Morgan fingerprint density at radius 2 is 1.51 bits per heavy atom. The molecule has 6 heteroatoms. The Kier molecular flexibility index (Phi) is 5.13. The summed E-state index contributed by atoms with van der Waals surface area (Å²) in [5.74, 6) is 3.42. The Morgan fingerprint density at radius 1 is 0.857 bits per heavy atom. The highest BCUT2D eigenvalue weighted by atomic mass is 16.3. The summed E-state index contributed by atoms with van der Waals surface area (Å²) in [5, 5.41) is 2.15. The second kappa shape index (κ2) is 7.74. The molecule has 0 unspecified atom stereocenters. The molecule has 0 saturated heterocycles. The van der Waals surface area contributed by atoms with Crippen molar-refractivity contribution in [2.45, 2.75) is 59.3 Å². The summed E-state index contributed by atoms with van der Waals surface area (Å²) in [4.78, 5) is 14.6. The van der Waals surface area contributed by atoms with Gasteiger partial charge in [-0.3, -0.25) is 0 Å². The van der Waals surface area contributed by atoms with E-state index in [-0.39, 0.29) is 10.8 Å². The quantitative estimate of drug-likeness (QED) is 0.291. The lowest BCUT2D eigenvalue weighted by Gasteiger charge is -2.22. The molecule has 0 N–H and O–H groups in total. The highest BCUT2D eigenvalue weighted by Gasteiger charge is 2.26. The number of rotatable bonds is 2. The first-order valence-electron chi connectivity index (χ1n) is 12.1. The maximum Gasteiger partial charge on any atom is 0.292 e. The van der Waals surface area contributed by atoms with E-state index in [1.807, 2.05) is 12.1 Å². The molecule has 3 aromatic heterocycles. The van der Waals surface area contributed by atoms with E-state index in [1.54, 1.807) is 0 Å². The van der Waals surface area contributed by atoms with Crippen molar-refractivity contribution in [2.75, 3.05) is 0 Å². The number of benzene rings is 2. The molecule has 2 aromatic carbocycles. The Labute approximate surface area is 206 Å². The summed E-state index contributed by atoms with van der Waals surface area (Å²) in [6.07, 6.45) is 4.13. The van der Waals surface area contributed by atoms with Gasteiger partial charge in [0.05, 0.1) is 14.1 Å². The van der Waals surface area contributed by atoms with Crippen LogP contribution in [0, 0.1) is 6.92 Å². The van der Waals surface area contributed by atoms with Crippen LogP contribution in [-0.4, -0.2) is 19.5 Å². The van der Waals surface area contributed by atoms with Gasteiger partial charge in [0.25, 0.3) is 5.82 Å². The number of nitrogens with zero attached hydrogens (tertiary/aromatic N) is 5. The molecule has 0 saturated carbocycles. The van der Waals surface area contributed by atoms with E-state index in [9.17, 15) is 0 Å². The van der Waals surface area contributed by atoms with E-state index >= 15 is 0 Å². The summed E-state index contributed by atoms with van der Waals surface area (Å²) >= 11 is 0. The third-order valence-electron chi connectivity index (χ3n) is 6.49. The molecule has 35 heavy (non-hydrogen) atoms. The van der Waals surface area contributed by atoms with Gasteiger partial charge >= 0.3 is 0 Å². The van der Waals surface area contributed by atoms with Crippen molar-refractivity contribution in [3.05, 3.63) is 59.9 Å². The van der Waals surface area contributed by atoms with Gasteiger partial charge in [0, 0.05) is 27.2 Å². The van der Waals surface area contributed by atoms with E-state index in [1.165, 1.54) is 5.56 Å². The number of hydrogen-bond donors (Lipinski definition) is 0. The number of aromatic nitrogens is 5. The zero-order valence-corrected chi connectivity index (χ0v) is 22.2. The third kappa shape index (κ3) is 3.91. The third-order valence-corrected chi connectivity index (χ3v) is 6.49. The zero-order chi connectivity index (χ0) is 25.3. The van der Waals surface area contributed by atoms with Crippen LogP contribution in [0.3, 0.4) is 0 Å². The van der Waals surface area contributed by atoms with Crippen molar-refractivity contribution >= 4 is 21.9 Å². The van der Waals surface area contributed by atoms with E-state index in [2.05, 4.69) is 102 Å². The molecule has 0 atom stereocenters. The second-order valence-electron chi connectivity index (χ2n) is 11.6. The topological polar surface area (TPSA) is 60.6 Å². The molecular formula is C29H34N5O+. The summed E-state index contributed by atoms with van der Waals surface area (Å²) in [6.45, 7) is 15.0. The summed E-state index contributed by atoms with van der Waals surface area (Å²) < 4.78 is 10.7. The lowest BCUT2D eigenvalue weighted by atomic mass is 9.93. The van der Waals surface area contributed by atoms with Crippen molar-refractivity contribution in [3.63, 3.8) is 0 Å². The fraction of sp³-hybridized carbons (Fsp3) is 0.379. The molecule has 6 nitrogen and oxygen atoms in total. The highest BCUT2D eigenvalue weighted by Crippen LogP contribution is 2.38. The van der Waals surface area contributed by atoms with Gasteiger partial charge in [-0.05, 0) is 30.7 Å². The van der Waals surface area contributed by atoms with Crippen LogP contribution >= 0.6 is 0 Å². The number of fused-ring (bicyclic) bond motifs is 3. The second-order valence-corrected chi connectivity index (χ2v) is 11.6. The fourth-order valence-electron chi connectivity index (χ4n) is 4.47. The maximum absolute atomic E-state index is 6.47. The predicted octanol–water partition coefficient (Wildman–Crippen LogP) is 6.17. The van der Waals surface area contributed by atoms with Crippen LogP contribution in [0.1, 0.15) is 58.8 Å². The summed E-state index contributed by atoms with van der Waals surface area (Å²) in [5.41, 5.74) is 4.65. The molecule has 0 fully saturated rings. The number of hydrogen-bond acceptors (Lipinski definition) is 4. The molecule has 0 spiro atoms. The van der Waals surface area contributed by atoms with Gasteiger partial charge in [-0.15, -0.1) is 0 Å². The average molecular weight is 469 g/mol. The van der Waals surface area contributed by atoms with Crippen LogP contribution in [0.2, 0.25) is 0 Å². The molecule has 0 aliphatic heterocycles. The Balaban J connectivity index is 1.76. The predicted molar refractivity (Wildman–Crippen MR) is 140 cm³/mol. The van der Waals surface area contributed by atoms with Crippen molar-refractivity contribution in [3.8, 4) is 22.8 Å². The van der Waals surface area contributed by atoms with Gasteiger partial charge in [0.15, 0.2) is 11.4 Å². The van der Waals surface area contributed by atoms with E-state index in [4.69, 9.17) is 19.4 Å². The highest BCUT2D eigenvalue weighted by molar-refractivity contribution is 6.10. The van der Waals surface area contributed by atoms with Crippen LogP contribution in [0.25, 0.3) is 44.7 Å². The lowest BCUT2D eigenvalue weighted by molar-refractivity contribution is -0.659. The average Bonchev–Trinajstić information content (AvgIpc) is 3.31. The molecule has 0 amide bonds. The van der Waals surface area contributed by atoms with Crippen LogP contribution in [0.15, 0.2) is 47.1 Å². The van der Waals surface area contributed by atoms with E-state index in [0.29, 0.717) is 5.82 Å². The lowest BCUT2D eigenvalue weighted by Crippen LogP contribution is -2.29. The monoisotopic (exact) mass is 468 g/mol. The fourth-order valence-corrected chi connectivity index (χ4v) is 4.47. The smallest absolute Gasteiger partial charge is 0.292 e. The van der Waals surface area contributed by atoms with Gasteiger partial charge in [0.2, 0.25) is 0 Å². The minimum Gasteiger partial charge on any atom is -0.455 e. The standard InChI is InChI=1S/C29H34N5O/c1-17-10-12-19-20-16-18(24-30-26(28(2,3)4)32-27(31-24)29(5,6)7)11-13-21(20)35-23(19)22(17)25-33(8)14-15-34(25)9/h10-16H,1-9H3/q+1. The molecule has 0 aliphatic carbocycles. The first-order chi connectivity index (χ1) is 16.3. The van der Waals surface area contributed by atoms with Gasteiger partial charge in [-0.25, -0.2) is 24.1 Å². The van der Waals surface area contributed by atoms with Crippen molar-refractivity contribution < 1.29 is 8.98 Å². The maximum atomic E-state index is 6.47. The van der Waals surface area contributed by atoms with Crippen LogP contribution in [0.5, 0.6) is 0 Å². The van der Waals surface area contributed by atoms with Crippen molar-refractivity contribution in [2.24, 2.45) is 14.1 Å². The number of imidazole rings is 1. The molecule has 0 bridgehead atoms. The summed E-state index contributed by atoms with van der Waals surface area (Å²) in [6, 6.07) is 10.6. The first-order valence-corrected chi connectivity index (χ1v) is 12.1. The van der Waals surface area contributed by atoms with Crippen LogP contribution in [0.4, 0.5) is 0 Å². The van der Waals surface area contributed by atoms with E-state index in [0.717, 1.165) is 50.5 Å². The van der Waals surface area contributed by atoms with Gasteiger partial charge in [-0.1, -0.05) is 53.7 Å². The molecule has 180 valence electrons. The number of aryl methyl sites for hydroxylation is 3. The number of furan rings is 1. The molecule has 3 heterocycles. The van der Waals surface area contributed by atoms with E-state index < -0.39 is 0 Å². The molecule has 5 aromatic rings. The van der Waals surface area contributed by atoms with Crippen LogP contribution in [-0.2, 0) is 24.9 Å². The Bertz CT molecular complexity index is 1540. The molecular weight excluding hydrogens is 434 g/mol. The molecule has 5 rings (SSSR count).